The zero-order valence-corrected chi connectivity index (χ0v) is 9.96. The minimum Gasteiger partial charge on any atom is -0.393 e. The normalized spacial score (nSPS) is 34.9. The summed E-state index contributed by atoms with van der Waals surface area (Å²) in [5.41, 5.74) is 1.19. The molecule has 1 N–H and O–H groups in total. The highest BCUT2D eigenvalue weighted by Crippen LogP contribution is 2.55. The van der Waals surface area contributed by atoms with Crippen molar-refractivity contribution in [3.63, 3.8) is 0 Å². The number of aliphatic hydroxyl groups excluding tert-OH is 1. The zero-order valence-electron chi connectivity index (χ0n) is 9.20. The van der Waals surface area contributed by atoms with Crippen molar-refractivity contribution in [2.45, 2.75) is 38.7 Å². The highest BCUT2D eigenvalue weighted by atomic mass is 35.5. The molecule has 0 heterocycles. The van der Waals surface area contributed by atoms with Gasteiger partial charge in [0, 0.05) is 10.4 Å². The van der Waals surface area contributed by atoms with Crippen LogP contribution in [-0.2, 0) is 0 Å². The number of benzene rings is 1. The molecular formula is C13H17ClO. The van der Waals surface area contributed by atoms with E-state index in [2.05, 4.69) is 19.9 Å². The van der Waals surface area contributed by atoms with Crippen molar-refractivity contribution in [2.24, 2.45) is 5.41 Å². The second kappa shape index (κ2) is 3.80. The zero-order chi connectivity index (χ0) is 11.1. The summed E-state index contributed by atoms with van der Waals surface area (Å²) in [6.45, 7) is 4.28. The lowest BCUT2D eigenvalue weighted by Crippen LogP contribution is -2.49. The first-order valence-electron chi connectivity index (χ1n) is 5.52. The van der Waals surface area contributed by atoms with Crippen LogP contribution in [0.15, 0.2) is 24.3 Å². The van der Waals surface area contributed by atoms with Crippen LogP contribution in [0.5, 0.6) is 0 Å². The Morgan fingerprint density at radius 2 is 2.13 bits per heavy atom. The van der Waals surface area contributed by atoms with E-state index in [0.717, 1.165) is 17.9 Å². The molecule has 0 aliphatic heterocycles. The minimum atomic E-state index is -0.177. The summed E-state index contributed by atoms with van der Waals surface area (Å²) in [6, 6.07) is 7.97. The van der Waals surface area contributed by atoms with Gasteiger partial charge in [-0.25, -0.2) is 0 Å². The molecular weight excluding hydrogens is 208 g/mol. The van der Waals surface area contributed by atoms with E-state index in [1.807, 2.05) is 18.2 Å². The third-order valence-electron chi connectivity index (χ3n) is 4.06. The van der Waals surface area contributed by atoms with Crippen LogP contribution in [0.1, 0.15) is 38.2 Å². The molecule has 2 rings (SSSR count). The summed E-state index contributed by atoms with van der Waals surface area (Å²) in [4.78, 5) is 0. The summed E-state index contributed by atoms with van der Waals surface area (Å²) >= 11 is 6.18. The van der Waals surface area contributed by atoms with Crippen LogP contribution in [0.3, 0.4) is 0 Å². The second-order valence-electron chi connectivity index (χ2n) is 4.68. The molecule has 1 aromatic rings. The molecule has 0 saturated heterocycles. The second-order valence-corrected chi connectivity index (χ2v) is 5.09. The van der Waals surface area contributed by atoms with Crippen molar-refractivity contribution in [2.75, 3.05) is 0 Å². The monoisotopic (exact) mass is 224 g/mol. The predicted molar refractivity (Wildman–Crippen MR) is 63.2 cm³/mol. The van der Waals surface area contributed by atoms with E-state index in [1.54, 1.807) is 0 Å². The third-order valence-corrected chi connectivity index (χ3v) is 4.40. The van der Waals surface area contributed by atoms with Crippen molar-refractivity contribution in [3.8, 4) is 0 Å². The summed E-state index contributed by atoms with van der Waals surface area (Å²) in [7, 11) is 0. The molecule has 1 aliphatic rings. The SMILES string of the molecule is CCC1(C)C(O)CC1c1ccccc1Cl. The van der Waals surface area contributed by atoms with Gasteiger partial charge in [-0.3, -0.25) is 0 Å². The van der Waals surface area contributed by atoms with Crippen LogP contribution in [0.2, 0.25) is 5.02 Å². The summed E-state index contributed by atoms with van der Waals surface area (Å²) in [5, 5.41) is 10.7. The first kappa shape index (κ1) is 11.0. The predicted octanol–water partition coefficient (Wildman–Crippen LogP) is 3.60. The summed E-state index contributed by atoms with van der Waals surface area (Å²) in [5.74, 6) is 0.409. The maximum absolute atomic E-state index is 9.85. The van der Waals surface area contributed by atoms with Gasteiger partial charge in [0.15, 0.2) is 0 Å². The average Bonchev–Trinajstić information content (AvgIpc) is 2.26. The lowest BCUT2D eigenvalue weighted by Gasteiger charge is -2.52. The average molecular weight is 225 g/mol. The van der Waals surface area contributed by atoms with Crippen molar-refractivity contribution < 1.29 is 5.11 Å². The summed E-state index contributed by atoms with van der Waals surface area (Å²) < 4.78 is 0. The van der Waals surface area contributed by atoms with Gasteiger partial charge in [-0.1, -0.05) is 43.6 Å². The van der Waals surface area contributed by atoms with E-state index in [4.69, 9.17) is 11.6 Å². The van der Waals surface area contributed by atoms with E-state index in [1.165, 1.54) is 5.56 Å². The Hall–Kier alpha value is -0.530. The van der Waals surface area contributed by atoms with Gasteiger partial charge in [0.25, 0.3) is 0 Å². The molecule has 3 unspecified atom stereocenters. The lowest BCUT2D eigenvalue weighted by molar-refractivity contribution is -0.0777. The number of halogens is 1. The maximum Gasteiger partial charge on any atom is 0.0605 e. The maximum atomic E-state index is 9.85. The van der Waals surface area contributed by atoms with Gasteiger partial charge in [-0.15, -0.1) is 0 Å². The molecule has 0 spiro atoms. The van der Waals surface area contributed by atoms with E-state index < -0.39 is 0 Å². The molecule has 0 aromatic heterocycles. The Labute approximate surface area is 96.1 Å². The van der Waals surface area contributed by atoms with Crippen LogP contribution in [0, 0.1) is 5.41 Å². The van der Waals surface area contributed by atoms with Crippen molar-refractivity contribution in [1.29, 1.82) is 0 Å². The van der Waals surface area contributed by atoms with Gasteiger partial charge in [-0.05, 0) is 30.4 Å². The minimum absolute atomic E-state index is 0.00495. The molecule has 1 fully saturated rings. The van der Waals surface area contributed by atoms with Crippen LogP contribution < -0.4 is 0 Å². The molecule has 1 aromatic carbocycles. The van der Waals surface area contributed by atoms with Crippen LogP contribution in [0.4, 0.5) is 0 Å². The molecule has 0 bridgehead atoms. The largest absolute Gasteiger partial charge is 0.393 e. The van der Waals surface area contributed by atoms with E-state index in [9.17, 15) is 5.11 Å². The van der Waals surface area contributed by atoms with Crippen molar-refractivity contribution >= 4 is 11.6 Å². The molecule has 2 heteroatoms. The fourth-order valence-electron chi connectivity index (χ4n) is 2.56. The van der Waals surface area contributed by atoms with Crippen LogP contribution >= 0.6 is 11.6 Å². The van der Waals surface area contributed by atoms with Crippen LogP contribution in [-0.4, -0.2) is 11.2 Å². The Morgan fingerprint density at radius 3 is 2.67 bits per heavy atom. The van der Waals surface area contributed by atoms with Gasteiger partial charge in [0.2, 0.25) is 0 Å². The molecule has 0 radical (unpaired) electrons. The molecule has 15 heavy (non-hydrogen) atoms. The Morgan fingerprint density at radius 1 is 1.47 bits per heavy atom. The first-order valence-corrected chi connectivity index (χ1v) is 5.90. The van der Waals surface area contributed by atoms with E-state index in [0.29, 0.717) is 5.92 Å². The van der Waals surface area contributed by atoms with E-state index in [-0.39, 0.29) is 11.5 Å². The number of hydrogen-bond acceptors (Lipinski definition) is 1. The number of hydrogen-bond donors (Lipinski definition) is 1. The Kier molecular flexibility index (Phi) is 2.78. The lowest BCUT2D eigenvalue weighted by atomic mass is 9.55. The summed E-state index contributed by atoms with van der Waals surface area (Å²) in [6.07, 6.45) is 1.65. The standard InChI is InChI=1S/C13H17ClO/c1-3-13(2)10(8-12(13)15)9-6-4-5-7-11(9)14/h4-7,10,12,15H,3,8H2,1-2H3. The smallest absolute Gasteiger partial charge is 0.0605 e. The Bertz CT molecular complexity index is 363. The van der Waals surface area contributed by atoms with Crippen molar-refractivity contribution in [3.05, 3.63) is 34.9 Å². The molecule has 3 atom stereocenters. The molecule has 1 saturated carbocycles. The quantitative estimate of drug-likeness (QED) is 0.814. The fraction of sp³-hybridized carbons (Fsp3) is 0.538. The van der Waals surface area contributed by atoms with E-state index >= 15 is 0 Å². The van der Waals surface area contributed by atoms with Gasteiger partial charge in [-0.2, -0.15) is 0 Å². The molecule has 1 nitrogen and oxygen atoms in total. The van der Waals surface area contributed by atoms with Crippen LogP contribution in [0.25, 0.3) is 0 Å². The fourth-order valence-corrected chi connectivity index (χ4v) is 2.82. The molecule has 0 amide bonds. The van der Waals surface area contributed by atoms with Crippen molar-refractivity contribution in [1.82, 2.24) is 0 Å². The topological polar surface area (TPSA) is 20.2 Å². The third kappa shape index (κ3) is 1.58. The first-order chi connectivity index (χ1) is 7.09. The van der Waals surface area contributed by atoms with Gasteiger partial charge in [0.05, 0.1) is 6.10 Å². The van der Waals surface area contributed by atoms with Gasteiger partial charge < -0.3 is 5.11 Å². The number of rotatable bonds is 2. The molecule has 82 valence electrons. The van der Waals surface area contributed by atoms with Gasteiger partial charge in [0.1, 0.15) is 0 Å². The molecule has 1 aliphatic carbocycles. The highest BCUT2D eigenvalue weighted by molar-refractivity contribution is 6.31. The van der Waals surface area contributed by atoms with Gasteiger partial charge >= 0.3 is 0 Å². The highest BCUT2D eigenvalue weighted by Gasteiger charge is 2.50. The number of aliphatic hydroxyl groups is 1. The Balaban J connectivity index is 2.31.